The van der Waals surface area contributed by atoms with Gasteiger partial charge in [0, 0.05) is 12.6 Å². The zero-order valence-corrected chi connectivity index (χ0v) is 9.34. The Morgan fingerprint density at radius 2 is 2.22 bits per heavy atom. The van der Waals surface area contributed by atoms with E-state index in [0.717, 1.165) is 0 Å². The molecule has 0 unspecified atom stereocenters. The number of aromatic nitrogens is 2. The van der Waals surface area contributed by atoms with Gasteiger partial charge in [-0.2, -0.15) is 5.10 Å². The number of urea groups is 1. The number of amides is 3. The summed E-state index contributed by atoms with van der Waals surface area (Å²) in [7, 11) is 0. The highest BCUT2D eigenvalue weighted by molar-refractivity contribution is 5.92. The van der Waals surface area contributed by atoms with Crippen molar-refractivity contribution in [2.24, 2.45) is 5.73 Å². The zero-order valence-electron chi connectivity index (χ0n) is 9.34. The fourth-order valence-electron chi connectivity index (χ4n) is 1.19. The Labute approximate surface area is 102 Å². The molecule has 1 aromatic heterocycles. The molecule has 0 aliphatic carbocycles. The normalized spacial score (nSPS) is 11.6. The van der Waals surface area contributed by atoms with Crippen LogP contribution in [0.5, 0.6) is 0 Å². The van der Waals surface area contributed by atoms with Gasteiger partial charge in [-0.1, -0.05) is 0 Å². The van der Waals surface area contributed by atoms with Gasteiger partial charge in [-0.05, 0) is 6.42 Å². The number of aromatic amines is 1. The SMILES string of the molecule is NC(=O)CC[C@H](NC(=O)Nc1cn[nH]c1)C(=O)O. The number of hydrogen-bond donors (Lipinski definition) is 5. The summed E-state index contributed by atoms with van der Waals surface area (Å²) in [4.78, 5) is 32.8. The van der Waals surface area contributed by atoms with E-state index in [1.165, 1.54) is 12.4 Å². The van der Waals surface area contributed by atoms with E-state index in [-0.39, 0.29) is 12.8 Å². The van der Waals surface area contributed by atoms with Gasteiger partial charge < -0.3 is 21.5 Å². The number of hydrogen-bond acceptors (Lipinski definition) is 4. The van der Waals surface area contributed by atoms with Crippen LogP contribution in [0.15, 0.2) is 12.4 Å². The predicted octanol–water partition coefficient (Wildman–Crippen LogP) is -0.750. The van der Waals surface area contributed by atoms with Gasteiger partial charge in [0.15, 0.2) is 0 Å². The van der Waals surface area contributed by atoms with Gasteiger partial charge in [0.1, 0.15) is 6.04 Å². The zero-order chi connectivity index (χ0) is 13.5. The van der Waals surface area contributed by atoms with Crippen LogP contribution in [0, 0.1) is 0 Å². The summed E-state index contributed by atoms with van der Waals surface area (Å²) in [5.74, 6) is -1.86. The molecule has 0 saturated carbocycles. The van der Waals surface area contributed by atoms with E-state index >= 15 is 0 Å². The first kappa shape index (κ1) is 13.5. The highest BCUT2D eigenvalue weighted by atomic mass is 16.4. The molecule has 0 bridgehead atoms. The van der Waals surface area contributed by atoms with Gasteiger partial charge >= 0.3 is 12.0 Å². The molecule has 3 amide bonds. The van der Waals surface area contributed by atoms with Gasteiger partial charge in [0.25, 0.3) is 0 Å². The molecule has 9 nitrogen and oxygen atoms in total. The van der Waals surface area contributed by atoms with Gasteiger partial charge in [0.2, 0.25) is 5.91 Å². The molecule has 18 heavy (non-hydrogen) atoms. The molecule has 98 valence electrons. The van der Waals surface area contributed by atoms with Crippen molar-refractivity contribution < 1.29 is 19.5 Å². The van der Waals surface area contributed by atoms with Crippen LogP contribution >= 0.6 is 0 Å². The molecular weight excluding hydrogens is 242 g/mol. The Bertz CT molecular complexity index is 430. The average Bonchev–Trinajstić information content (AvgIpc) is 2.76. The monoisotopic (exact) mass is 255 g/mol. The van der Waals surface area contributed by atoms with E-state index in [9.17, 15) is 14.4 Å². The highest BCUT2D eigenvalue weighted by Crippen LogP contribution is 2.02. The summed E-state index contributed by atoms with van der Waals surface area (Å²) in [5, 5.41) is 19.5. The smallest absolute Gasteiger partial charge is 0.326 e. The summed E-state index contributed by atoms with van der Waals surface area (Å²) >= 11 is 0. The van der Waals surface area contributed by atoms with E-state index in [2.05, 4.69) is 20.8 Å². The Morgan fingerprint density at radius 1 is 1.50 bits per heavy atom. The van der Waals surface area contributed by atoms with E-state index < -0.39 is 23.9 Å². The van der Waals surface area contributed by atoms with Gasteiger partial charge in [0.05, 0.1) is 11.9 Å². The Hall–Kier alpha value is -2.58. The molecule has 1 rings (SSSR count). The van der Waals surface area contributed by atoms with Crippen LogP contribution in [0.1, 0.15) is 12.8 Å². The number of carboxylic acid groups (broad SMARTS) is 1. The van der Waals surface area contributed by atoms with Crippen molar-refractivity contribution in [3.05, 3.63) is 12.4 Å². The molecule has 0 spiro atoms. The molecule has 1 heterocycles. The summed E-state index contributed by atoms with van der Waals surface area (Å²) in [6.07, 6.45) is 2.60. The number of nitrogens with two attached hydrogens (primary N) is 1. The van der Waals surface area contributed by atoms with Crippen LogP contribution in [0.2, 0.25) is 0 Å². The van der Waals surface area contributed by atoms with Gasteiger partial charge in [-0.3, -0.25) is 9.89 Å². The molecule has 6 N–H and O–H groups in total. The lowest BCUT2D eigenvalue weighted by Gasteiger charge is -2.13. The fraction of sp³-hybridized carbons (Fsp3) is 0.333. The minimum absolute atomic E-state index is 0.0660. The van der Waals surface area contributed by atoms with Crippen molar-refractivity contribution in [1.29, 1.82) is 0 Å². The predicted molar refractivity (Wildman–Crippen MR) is 60.6 cm³/mol. The third-order valence-electron chi connectivity index (χ3n) is 2.04. The number of carboxylic acids is 1. The number of carbonyl (C=O) groups excluding carboxylic acids is 2. The molecule has 0 radical (unpaired) electrons. The molecule has 0 aliphatic heterocycles. The maximum Gasteiger partial charge on any atom is 0.326 e. The van der Waals surface area contributed by atoms with E-state index in [1.807, 2.05) is 0 Å². The van der Waals surface area contributed by atoms with Crippen LogP contribution in [-0.4, -0.2) is 39.3 Å². The maximum absolute atomic E-state index is 11.4. The summed E-state index contributed by atoms with van der Waals surface area (Å²) < 4.78 is 0. The first-order valence-corrected chi connectivity index (χ1v) is 5.06. The third-order valence-corrected chi connectivity index (χ3v) is 2.04. The van der Waals surface area contributed by atoms with E-state index in [0.29, 0.717) is 5.69 Å². The Morgan fingerprint density at radius 3 is 2.72 bits per heavy atom. The molecule has 0 aromatic carbocycles. The number of aliphatic carboxylic acids is 1. The standard InChI is InChI=1S/C9H13N5O4/c10-7(15)2-1-6(8(16)17)14-9(18)13-5-3-11-12-4-5/h3-4,6H,1-2H2,(H2,10,15)(H,11,12)(H,16,17)(H2,13,14,18)/t6-/m0/s1. The first-order valence-electron chi connectivity index (χ1n) is 5.06. The van der Waals surface area contributed by atoms with Crippen molar-refractivity contribution in [2.45, 2.75) is 18.9 Å². The highest BCUT2D eigenvalue weighted by Gasteiger charge is 2.20. The lowest BCUT2D eigenvalue weighted by Crippen LogP contribution is -2.43. The van der Waals surface area contributed by atoms with Crippen molar-refractivity contribution >= 4 is 23.6 Å². The third kappa shape index (κ3) is 4.51. The summed E-state index contributed by atoms with van der Waals surface area (Å²) in [6, 6.07) is -1.88. The number of nitrogens with zero attached hydrogens (tertiary/aromatic N) is 1. The molecule has 0 fully saturated rings. The summed E-state index contributed by atoms with van der Waals surface area (Å²) in [6.45, 7) is 0. The maximum atomic E-state index is 11.4. The van der Waals surface area contributed by atoms with Crippen molar-refractivity contribution in [3.63, 3.8) is 0 Å². The minimum atomic E-state index is -1.24. The number of H-pyrrole nitrogens is 1. The van der Waals surface area contributed by atoms with Crippen LogP contribution in [0.4, 0.5) is 10.5 Å². The number of nitrogens with one attached hydrogen (secondary N) is 3. The molecule has 1 atom stereocenters. The largest absolute Gasteiger partial charge is 0.480 e. The lowest BCUT2D eigenvalue weighted by molar-refractivity contribution is -0.139. The molecule has 0 saturated heterocycles. The summed E-state index contributed by atoms with van der Waals surface area (Å²) in [5.41, 5.74) is 5.30. The lowest BCUT2D eigenvalue weighted by atomic mass is 10.1. The van der Waals surface area contributed by atoms with Crippen LogP contribution in [0.25, 0.3) is 0 Å². The quantitative estimate of drug-likeness (QED) is 0.453. The Balaban J connectivity index is 2.47. The molecular formula is C9H13N5O4. The second-order valence-corrected chi connectivity index (χ2v) is 3.48. The minimum Gasteiger partial charge on any atom is -0.480 e. The van der Waals surface area contributed by atoms with Crippen molar-refractivity contribution in [1.82, 2.24) is 15.5 Å². The molecule has 9 heteroatoms. The van der Waals surface area contributed by atoms with E-state index in [1.54, 1.807) is 0 Å². The first-order chi connectivity index (χ1) is 8.49. The average molecular weight is 255 g/mol. The number of rotatable bonds is 6. The van der Waals surface area contributed by atoms with Crippen LogP contribution in [0.3, 0.4) is 0 Å². The fourth-order valence-corrected chi connectivity index (χ4v) is 1.19. The van der Waals surface area contributed by atoms with Gasteiger partial charge in [-0.25, -0.2) is 9.59 Å². The molecule has 1 aromatic rings. The number of anilines is 1. The topological polar surface area (TPSA) is 150 Å². The van der Waals surface area contributed by atoms with E-state index in [4.69, 9.17) is 10.8 Å². The van der Waals surface area contributed by atoms with Crippen molar-refractivity contribution in [3.8, 4) is 0 Å². The van der Waals surface area contributed by atoms with Crippen LogP contribution < -0.4 is 16.4 Å². The van der Waals surface area contributed by atoms with Crippen molar-refractivity contribution in [2.75, 3.05) is 5.32 Å². The molecule has 0 aliphatic rings. The van der Waals surface area contributed by atoms with Gasteiger partial charge in [-0.15, -0.1) is 0 Å². The Kier molecular flexibility index (Phi) is 4.67. The van der Waals surface area contributed by atoms with Crippen LogP contribution in [-0.2, 0) is 9.59 Å². The second kappa shape index (κ2) is 6.23. The second-order valence-electron chi connectivity index (χ2n) is 3.48. The number of carbonyl (C=O) groups is 3. The number of primary amides is 1.